The third-order valence-corrected chi connectivity index (χ3v) is 2.35. The predicted molar refractivity (Wildman–Crippen MR) is 65.2 cm³/mol. The lowest BCUT2D eigenvalue weighted by atomic mass is 10.1. The molecule has 0 fully saturated rings. The Morgan fingerprint density at radius 3 is 2.67 bits per heavy atom. The fourth-order valence-electron chi connectivity index (χ4n) is 1.25. The summed E-state index contributed by atoms with van der Waals surface area (Å²) in [5, 5.41) is 17.9. The highest BCUT2D eigenvalue weighted by Gasteiger charge is 2.28. The number of carbonyl (C=O) groups is 2. The fraction of sp³-hybridized carbons (Fsp3) is 0.545. The minimum absolute atomic E-state index is 0.378. The van der Waals surface area contributed by atoms with Crippen LogP contribution in [0.4, 0.5) is 4.79 Å². The number of urea groups is 1. The van der Waals surface area contributed by atoms with Crippen LogP contribution in [0.2, 0.25) is 0 Å². The number of nitrogens with zero attached hydrogens (tertiary/aromatic N) is 2. The second-order valence-corrected chi connectivity index (χ2v) is 4.59. The van der Waals surface area contributed by atoms with Crippen molar-refractivity contribution in [3.63, 3.8) is 0 Å². The highest BCUT2D eigenvalue weighted by Crippen LogP contribution is 2.00. The Balaban J connectivity index is 2.32. The number of rotatable bonds is 5. The lowest BCUT2D eigenvalue weighted by molar-refractivity contribution is -0.142. The zero-order chi connectivity index (χ0) is 13.8. The summed E-state index contributed by atoms with van der Waals surface area (Å²) in [6.45, 7) is 5.69. The van der Waals surface area contributed by atoms with Crippen LogP contribution in [-0.4, -0.2) is 39.0 Å². The Bertz CT molecular complexity index is 439. The SMILES string of the molecule is Cc1cnn(CCNC(=O)NC(C)(C)C(=O)O)c1. The first kappa shape index (κ1) is 14.0. The van der Waals surface area contributed by atoms with Crippen LogP contribution >= 0.6 is 0 Å². The molecule has 2 amide bonds. The topological polar surface area (TPSA) is 96.3 Å². The molecule has 7 heteroatoms. The third-order valence-electron chi connectivity index (χ3n) is 2.35. The van der Waals surface area contributed by atoms with Crippen molar-refractivity contribution in [3.8, 4) is 0 Å². The van der Waals surface area contributed by atoms with E-state index >= 15 is 0 Å². The van der Waals surface area contributed by atoms with Crippen LogP contribution in [0, 0.1) is 6.92 Å². The van der Waals surface area contributed by atoms with E-state index in [1.165, 1.54) is 13.8 Å². The molecule has 1 aromatic heterocycles. The zero-order valence-electron chi connectivity index (χ0n) is 10.7. The molecule has 18 heavy (non-hydrogen) atoms. The number of amides is 2. The van der Waals surface area contributed by atoms with Gasteiger partial charge in [0.25, 0.3) is 0 Å². The summed E-state index contributed by atoms with van der Waals surface area (Å²) in [7, 11) is 0. The van der Waals surface area contributed by atoms with Gasteiger partial charge in [-0.05, 0) is 26.3 Å². The predicted octanol–water partition coefficient (Wildman–Crippen LogP) is 0.354. The molecule has 0 saturated carbocycles. The summed E-state index contributed by atoms with van der Waals surface area (Å²) in [5.41, 5.74) is -0.238. The lowest BCUT2D eigenvalue weighted by Crippen LogP contribution is -2.53. The zero-order valence-corrected chi connectivity index (χ0v) is 10.7. The number of hydrogen-bond acceptors (Lipinski definition) is 3. The van der Waals surface area contributed by atoms with Crippen LogP contribution in [0.1, 0.15) is 19.4 Å². The number of carboxylic acid groups (broad SMARTS) is 1. The van der Waals surface area contributed by atoms with Gasteiger partial charge in [-0.3, -0.25) is 4.68 Å². The quantitative estimate of drug-likeness (QED) is 0.706. The molecule has 0 radical (unpaired) electrons. The summed E-state index contributed by atoms with van der Waals surface area (Å²) in [4.78, 5) is 22.2. The number of carbonyl (C=O) groups excluding carboxylic acids is 1. The summed E-state index contributed by atoms with van der Waals surface area (Å²) < 4.78 is 1.71. The van der Waals surface area contributed by atoms with Gasteiger partial charge in [-0.1, -0.05) is 0 Å². The van der Waals surface area contributed by atoms with Crippen molar-refractivity contribution < 1.29 is 14.7 Å². The number of aliphatic carboxylic acids is 1. The second-order valence-electron chi connectivity index (χ2n) is 4.59. The first-order chi connectivity index (χ1) is 8.31. The molecule has 0 aliphatic carbocycles. The molecular weight excluding hydrogens is 236 g/mol. The smallest absolute Gasteiger partial charge is 0.328 e. The van der Waals surface area contributed by atoms with E-state index in [2.05, 4.69) is 15.7 Å². The van der Waals surface area contributed by atoms with E-state index in [1.807, 2.05) is 13.1 Å². The molecule has 100 valence electrons. The van der Waals surface area contributed by atoms with Gasteiger partial charge in [-0.15, -0.1) is 0 Å². The summed E-state index contributed by atoms with van der Waals surface area (Å²) in [6.07, 6.45) is 3.59. The summed E-state index contributed by atoms with van der Waals surface area (Å²) >= 11 is 0. The van der Waals surface area contributed by atoms with E-state index in [0.29, 0.717) is 13.1 Å². The molecule has 0 atom stereocenters. The molecular formula is C11H18N4O3. The van der Waals surface area contributed by atoms with E-state index in [0.717, 1.165) is 5.56 Å². The maximum absolute atomic E-state index is 11.4. The van der Waals surface area contributed by atoms with Gasteiger partial charge in [-0.2, -0.15) is 5.10 Å². The molecule has 0 aliphatic rings. The van der Waals surface area contributed by atoms with Gasteiger partial charge >= 0.3 is 12.0 Å². The molecule has 1 heterocycles. The first-order valence-corrected chi connectivity index (χ1v) is 5.60. The highest BCUT2D eigenvalue weighted by atomic mass is 16.4. The van der Waals surface area contributed by atoms with Crippen LogP contribution in [0.3, 0.4) is 0 Å². The first-order valence-electron chi connectivity index (χ1n) is 5.60. The monoisotopic (exact) mass is 254 g/mol. The van der Waals surface area contributed by atoms with Crippen molar-refractivity contribution in [2.75, 3.05) is 6.54 Å². The van der Waals surface area contributed by atoms with Crippen LogP contribution < -0.4 is 10.6 Å². The van der Waals surface area contributed by atoms with Crippen LogP contribution in [0.15, 0.2) is 12.4 Å². The largest absolute Gasteiger partial charge is 0.480 e. The lowest BCUT2D eigenvalue weighted by Gasteiger charge is -2.21. The van der Waals surface area contributed by atoms with E-state index < -0.39 is 17.5 Å². The molecule has 0 unspecified atom stereocenters. The Labute approximate surface area is 105 Å². The van der Waals surface area contributed by atoms with Gasteiger partial charge in [-0.25, -0.2) is 9.59 Å². The van der Waals surface area contributed by atoms with Gasteiger partial charge in [0.1, 0.15) is 5.54 Å². The second kappa shape index (κ2) is 5.52. The van der Waals surface area contributed by atoms with E-state index in [1.54, 1.807) is 10.9 Å². The van der Waals surface area contributed by atoms with Crippen LogP contribution in [-0.2, 0) is 11.3 Å². The van der Waals surface area contributed by atoms with Gasteiger partial charge < -0.3 is 15.7 Å². The molecule has 1 rings (SSSR count). The normalized spacial score (nSPS) is 11.1. The van der Waals surface area contributed by atoms with Gasteiger partial charge in [0, 0.05) is 12.7 Å². The Kier molecular flexibility index (Phi) is 4.30. The van der Waals surface area contributed by atoms with Crippen molar-refractivity contribution in [1.29, 1.82) is 0 Å². The molecule has 7 nitrogen and oxygen atoms in total. The molecule has 0 saturated heterocycles. The molecule has 0 bridgehead atoms. The van der Waals surface area contributed by atoms with Crippen molar-refractivity contribution in [1.82, 2.24) is 20.4 Å². The average Bonchev–Trinajstić information content (AvgIpc) is 2.63. The highest BCUT2D eigenvalue weighted by molar-refractivity contribution is 5.85. The summed E-state index contributed by atoms with van der Waals surface area (Å²) in [5.74, 6) is -1.08. The average molecular weight is 254 g/mol. The molecule has 1 aromatic rings. The minimum Gasteiger partial charge on any atom is -0.480 e. The van der Waals surface area contributed by atoms with Gasteiger partial charge in [0.15, 0.2) is 0 Å². The van der Waals surface area contributed by atoms with Crippen LogP contribution in [0.5, 0.6) is 0 Å². The van der Waals surface area contributed by atoms with E-state index in [4.69, 9.17) is 5.11 Å². The fourth-order valence-corrected chi connectivity index (χ4v) is 1.25. The van der Waals surface area contributed by atoms with Crippen molar-refractivity contribution in [3.05, 3.63) is 18.0 Å². The van der Waals surface area contributed by atoms with E-state index in [9.17, 15) is 9.59 Å². The Morgan fingerprint density at radius 1 is 1.50 bits per heavy atom. The molecule has 0 spiro atoms. The van der Waals surface area contributed by atoms with Crippen molar-refractivity contribution >= 4 is 12.0 Å². The number of aryl methyl sites for hydroxylation is 1. The Morgan fingerprint density at radius 2 is 2.17 bits per heavy atom. The van der Waals surface area contributed by atoms with Crippen molar-refractivity contribution in [2.24, 2.45) is 0 Å². The molecule has 3 N–H and O–H groups in total. The Hall–Kier alpha value is -2.05. The molecule has 0 aliphatic heterocycles. The maximum atomic E-state index is 11.4. The third kappa shape index (κ3) is 4.08. The number of carboxylic acids is 1. The minimum atomic E-state index is -1.29. The number of hydrogen-bond donors (Lipinski definition) is 3. The number of nitrogens with one attached hydrogen (secondary N) is 2. The summed E-state index contributed by atoms with van der Waals surface area (Å²) in [6, 6.07) is -0.508. The maximum Gasteiger partial charge on any atom is 0.328 e. The van der Waals surface area contributed by atoms with Crippen molar-refractivity contribution in [2.45, 2.75) is 32.9 Å². The van der Waals surface area contributed by atoms with Gasteiger partial charge in [0.2, 0.25) is 0 Å². The number of aromatic nitrogens is 2. The molecule has 0 aromatic carbocycles. The van der Waals surface area contributed by atoms with E-state index in [-0.39, 0.29) is 0 Å². The standard InChI is InChI=1S/C11H18N4O3/c1-8-6-13-15(7-8)5-4-12-10(18)14-11(2,3)9(16)17/h6-7H,4-5H2,1-3H3,(H,16,17)(H2,12,14,18). The van der Waals surface area contributed by atoms with Gasteiger partial charge in [0.05, 0.1) is 12.7 Å². The van der Waals surface area contributed by atoms with Crippen LogP contribution in [0.25, 0.3) is 0 Å².